The summed E-state index contributed by atoms with van der Waals surface area (Å²) in [5.41, 5.74) is 1.17. The Morgan fingerprint density at radius 1 is 1.47 bits per heavy atom. The van der Waals surface area contributed by atoms with Crippen molar-refractivity contribution >= 4 is 23.3 Å². The standard InChI is InChI=1S/C13H16ClNO4/c14-2-1-9-5-15(12(19)3-11(9)18)7-13(8-17)4-10(13)6-16/h1-2,5,10,16-17H,3-4,6-8H2. The second-order valence-electron chi connectivity index (χ2n) is 5.10. The first kappa shape index (κ1) is 14.2. The Hall–Kier alpha value is -1.17. The summed E-state index contributed by atoms with van der Waals surface area (Å²) < 4.78 is 0. The van der Waals surface area contributed by atoms with Crippen LogP contribution in [0.15, 0.2) is 23.4 Å². The Labute approximate surface area is 116 Å². The zero-order valence-electron chi connectivity index (χ0n) is 10.4. The molecule has 1 saturated carbocycles. The summed E-state index contributed by atoms with van der Waals surface area (Å²) in [4.78, 5) is 24.9. The van der Waals surface area contributed by atoms with E-state index in [0.29, 0.717) is 18.5 Å². The number of aliphatic hydroxyl groups is 2. The van der Waals surface area contributed by atoms with Gasteiger partial charge in [0.15, 0.2) is 5.78 Å². The topological polar surface area (TPSA) is 77.8 Å². The largest absolute Gasteiger partial charge is 0.396 e. The van der Waals surface area contributed by atoms with Crippen LogP contribution in [0.3, 0.4) is 0 Å². The van der Waals surface area contributed by atoms with Gasteiger partial charge in [-0.3, -0.25) is 9.59 Å². The van der Waals surface area contributed by atoms with E-state index in [1.165, 1.54) is 22.7 Å². The van der Waals surface area contributed by atoms with E-state index < -0.39 is 5.41 Å². The fourth-order valence-corrected chi connectivity index (χ4v) is 2.59. The molecule has 1 fully saturated rings. The van der Waals surface area contributed by atoms with Crippen molar-refractivity contribution in [1.82, 2.24) is 4.90 Å². The van der Waals surface area contributed by atoms with Crippen molar-refractivity contribution < 1.29 is 19.8 Å². The number of aliphatic hydroxyl groups excluding tert-OH is 2. The van der Waals surface area contributed by atoms with Crippen molar-refractivity contribution in [3.8, 4) is 0 Å². The van der Waals surface area contributed by atoms with E-state index in [-0.39, 0.29) is 37.2 Å². The van der Waals surface area contributed by atoms with Crippen molar-refractivity contribution in [1.29, 1.82) is 0 Å². The van der Waals surface area contributed by atoms with Crippen molar-refractivity contribution in [2.45, 2.75) is 12.8 Å². The third-order valence-electron chi connectivity index (χ3n) is 3.87. The number of carbonyl (C=O) groups is 2. The highest BCUT2D eigenvalue weighted by Gasteiger charge is 2.54. The van der Waals surface area contributed by atoms with E-state index in [9.17, 15) is 14.7 Å². The molecule has 2 N–H and O–H groups in total. The van der Waals surface area contributed by atoms with E-state index in [2.05, 4.69) is 0 Å². The normalized spacial score (nSPS) is 31.0. The lowest BCUT2D eigenvalue weighted by Crippen LogP contribution is -2.38. The number of allylic oxidation sites excluding steroid dienone is 2. The molecule has 2 aliphatic rings. The summed E-state index contributed by atoms with van der Waals surface area (Å²) in [6.45, 7) is 0.241. The summed E-state index contributed by atoms with van der Waals surface area (Å²) in [5, 5.41) is 18.6. The number of rotatable bonds is 5. The number of hydrogen-bond donors (Lipinski definition) is 2. The van der Waals surface area contributed by atoms with Gasteiger partial charge in [0, 0.05) is 35.9 Å². The van der Waals surface area contributed by atoms with Crippen LogP contribution in [0.25, 0.3) is 0 Å². The number of halogens is 1. The molecule has 0 spiro atoms. The molecule has 1 aliphatic heterocycles. The highest BCUT2D eigenvalue weighted by atomic mass is 35.5. The maximum absolute atomic E-state index is 11.8. The number of Topliss-reactive ketones (excluding diaryl/α,β-unsaturated/α-hetero) is 1. The molecule has 0 aromatic rings. The van der Waals surface area contributed by atoms with Crippen molar-refractivity contribution in [3.05, 3.63) is 23.4 Å². The molecule has 104 valence electrons. The summed E-state index contributed by atoms with van der Waals surface area (Å²) in [7, 11) is 0. The van der Waals surface area contributed by atoms with Crippen LogP contribution in [-0.2, 0) is 9.59 Å². The SMILES string of the molecule is O=C1CC(=O)N(CC2(CO)CC2CO)C=C1C=CCl. The van der Waals surface area contributed by atoms with E-state index in [4.69, 9.17) is 16.7 Å². The number of amides is 1. The molecule has 1 aliphatic carbocycles. The summed E-state index contributed by atoms with van der Waals surface area (Å²) in [5.74, 6) is -0.526. The van der Waals surface area contributed by atoms with Crippen LogP contribution in [-0.4, -0.2) is 46.6 Å². The Morgan fingerprint density at radius 2 is 2.21 bits per heavy atom. The highest BCUT2D eigenvalue weighted by molar-refractivity contribution is 6.26. The van der Waals surface area contributed by atoms with Gasteiger partial charge in [-0.1, -0.05) is 11.6 Å². The Balaban J connectivity index is 2.15. The smallest absolute Gasteiger partial charge is 0.234 e. The quantitative estimate of drug-likeness (QED) is 0.718. The molecule has 0 aromatic carbocycles. The van der Waals surface area contributed by atoms with Gasteiger partial charge in [0.05, 0.1) is 13.0 Å². The lowest BCUT2D eigenvalue weighted by molar-refractivity contribution is -0.134. The first-order chi connectivity index (χ1) is 9.06. The second-order valence-corrected chi connectivity index (χ2v) is 5.35. The third-order valence-corrected chi connectivity index (χ3v) is 4.00. The van der Waals surface area contributed by atoms with Crippen LogP contribution in [0.1, 0.15) is 12.8 Å². The summed E-state index contributed by atoms with van der Waals surface area (Å²) in [6, 6.07) is 0. The van der Waals surface area contributed by atoms with Crippen LogP contribution in [0.4, 0.5) is 0 Å². The molecule has 1 heterocycles. The monoisotopic (exact) mass is 285 g/mol. The molecule has 19 heavy (non-hydrogen) atoms. The van der Waals surface area contributed by atoms with E-state index in [0.717, 1.165) is 0 Å². The minimum Gasteiger partial charge on any atom is -0.396 e. The maximum atomic E-state index is 11.8. The van der Waals surface area contributed by atoms with Gasteiger partial charge in [-0.15, -0.1) is 0 Å². The predicted octanol–water partition coefficient (Wildman–Crippen LogP) is 0.415. The predicted molar refractivity (Wildman–Crippen MR) is 69.1 cm³/mol. The molecule has 0 aromatic heterocycles. The Bertz CT molecular complexity index is 460. The van der Waals surface area contributed by atoms with Crippen LogP contribution in [0, 0.1) is 11.3 Å². The van der Waals surface area contributed by atoms with Gasteiger partial charge >= 0.3 is 0 Å². The van der Waals surface area contributed by atoms with Crippen LogP contribution < -0.4 is 0 Å². The van der Waals surface area contributed by atoms with Gasteiger partial charge < -0.3 is 15.1 Å². The number of carbonyl (C=O) groups excluding carboxylic acids is 2. The lowest BCUT2D eigenvalue weighted by atomic mass is 10.0. The van der Waals surface area contributed by atoms with E-state index >= 15 is 0 Å². The average molecular weight is 286 g/mol. The van der Waals surface area contributed by atoms with Crippen LogP contribution >= 0.6 is 11.6 Å². The van der Waals surface area contributed by atoms with Crippen molar-refractivity contribution in [2.75, 3.05) is 19.8 Å². The fraction of sp³-hybridized carbons (Fsp3) is 0.538. The van der Waals surface area contributed by atoms with Gasteiger partial charge in [-0.2, -0.15) is 0 Å². The molecular formula is C13H16ClNO4. The lowest BCUT2D eigenvalue weighted by Gasteiger charge is -2.27. The Kier molecular flexibility index (Phi) is 4.08. The molecule has 1 amide bonds. The summed E-state index contributed by atoms with van der Waals surface area (Å²) >= 11 is 5.45. The van der Waals surface area contributed by atoms with E-state index in [1.807, 2.05) is 0 Å². The van der Waals surface area contributed by atoms with Gasteiger partial charge in [0.1, 0.15) is 0 Å². The minimum atomic E-state index is -0.433. The first-order valence-electron chi connectivity index (χ1n) is 6.09. The molecule has 0 bridgehead atoms. The Morgan fingerprint density at radius 3 is 2.74 bits per heavy atom. The molecule has 2 rings (SSSR count). The minimum absolute atomic E-state index is 0.000322. The zero-order chi connectivity index (χ0) is 14.0. The molecular weight excluding hydrogens is 270 g/mol. The zero-order valence-corrected chi connectivity index (χ0v) is 11.1. The first-order valence-corrected chi connectivity index (χ1v) is 6.53. The van der Waals surface area contributed by atoms with Gasteiger partial charge in [0.25, 0.3) is 0 Å². The van der Waals surface area contributed by atoms with Gasteiger partial charge in [0.2, 0.25) is 5.91 Å². The number of hydrogen-bond acceptors (Lipinski definition) is 4. The van der Waals surface area contributed by atoms with Crippen molar-refractivity contribution in [3.63, 3.8) is 0 Å². The highest BCUT2D eigenvalue weighted by Crippen LogP contribution is 2.52. The van der Waals surface area contributed by atoms with Gasteiger partial charge in [-0.25, -0.2) is 0 Å². The second kappa shape index (κ2) is 5.45. The van der Waals surface area contributed by atoms with Crippen LogP contribution in [0.5, 0.6) is 0 Å². The molecule has 0 radical (unpaired) electrons. The van der Waals surface area contributed by atoms with Crippen LogP contribution in [0.2, 0.25) is 0 Å². The molecule has 6 heteroatoms. The third kappa shape index (κ3) is 2.73. The van der Waals surface area contributed by atoms with E-state index in [1.54, 1.807) is 0 Å². The number of ketones is 1. The van der Waals surface area contributed by atoms with Gasteiger partial charge in [-0.05, 0) is 18.4 Å². The molecule has 5 nitrogen and oxygen atoms in total. The molecule has 0 saturated heterocycles. The molecule has 2 atom stereocenters. The average Bonchev–Trinajstić information content (AvgIpc) is 3.09. The summed E-state index contributed by atoms with van der Waals surface area (Å²) in [6.07, 6.45) is 3.42. The maximum Gasteiger partial charge on any atom is 0.234 e. The van der Waals surface area contributed by atoms with Crippen molar-refractivity contribution in [2.24, 2.45) is 11.3 Å². The fourth-order valence-electron chi connectivity index (χ4n) is 2.46. The number of nitrogens with zero attached hydrogens (tertiary/aromatic N) is 1. The molecule has 2 unspecified atom stereocenters.